The Morgan fingerprint density at radius 3 is 2.52 bits per heavy atom. The molecule has 4 nitrogen and oxygen atoms in total. The average Bonchev–Trinajstić information content (AvgIpc) is 2.58. The molecule has 0 saturated heterocycles. The molecule has 0 aliphatic heterocycles. The first-order chi connectivity index (χ1) is 11.8. The van der Waals surface area contributed by atoms with Gasteiger partial charge in [0, 0.05) is 24.7 Å². The van der Waals surface area contributed by atoms with Crippen molar-refractivity contribution < 1.29 is 4.79 Å². The van der Waals surface area contributed by atoms with Gasteiger partial charge in [0.1, 0.15) is 5.82 Å². The first-order valence-electron chi connectivity index (χ1n) is 8.81. The Balaban J connectivity index is 2.07. The number of amides is 1. The van der Waals surface area contributed by atoms with E-state index in [2.05, 4.69) is 53.4 Å². The average molecular weight is 339 g/mol. The van der Waals surface area contributed by atoms with E-state index in [-0.39, 0.29) is 5.91 Å². The summed E-state index contributed by atoms with van der Waals surface area (Å²) in [6.07, 6.45) is 2.62. The highest BCUT2D eigenvalue weighted by Gasteiger charge is 2.25. The maximum absolute atomic E-state index is 12.4. The summed E-state index contributed by atoms with van der Waals surface area (Å²) in [6, 6.07) is 12.4. The largest absolute Gasteiger partial charge is 0.310 e. The normalized spacial score (nSPS) is 11.6. The second-order valence-electron chi connectivity index (χ2n) is 7.35. The van der Waals surface area contributed by atoms with Crippen LogP contribution in [0.3, 0.4) is 0 Å². The summed E-state index contributed by atoms with van der Waals surface area (Å²) < 4.78 is 0. The van der Waals surface area contributed by atoms with Crippen LogP contribution in [0.1, 0.15) is 43.9 Å². The van der Waals surface area contributed by atoms with Crippen LogP contribution in [0.2, 0.25) is 0 Å². The second-order valence-corrected chi connectivity index (χ2v) is 7.35. The Bertz CT molecular complexity index is 710. The van der Waals surface area contributed by atoms with Gasteiger partial charge in [-0.2, -0.15) is 0 Å². The first-order valence-corrected chi connectivity index (χ1v) is 8.81. The van der Waals surface area contributed by atoms with Crippen LogP contribution in [0.4, 0.5) is 5.82 Å². The fraction of sp³-hybridized carbons (Fsp3) is 0.429. The summed E-state index contributed by atoms with van der Waals surface area (Å²) in [6.45, 7) is 9.67. The summed E-state index contributed by atoms with van der Waals surface area (Å²) >= 11 is 0. The van der Waals surface area contributed by atoms with Crippen molar-refractivity contribution in [2.75, 3.05) is 12.4 Å². The molecule has 1 N–H and O–H groups in total. The van der Waals surface area contributed by atoms with Crippen molar-refractivity contribution in [2.24, 2.45) is 5.41 Å². The fourth-order valence-electron chi connectivity index (χ4n) is 2.49. The van der Waals surface area contributed by atoms with Gasteiger partial charge >= 0.3 is 0 Å². The van der Waals surface area contributed by atoms with Crippen molar-refractivity contribution in [3.63, 3.8) is 0 Å². The van der Waals surface area contributed by atoms with Crippen LogP contribution in [-0.2, 0) is 17.9 Å². The van der Waals surface area contributed by atoms with Gasteiger partial charge in [-0.25, -0.2) is 4.98 Å². The van der Waals surface area contributed by atoms with Crippen molar-refractivity contribution in [2.45, 2.75) is 47.2 Å². The van der Waals surface area contributed by atoms with Gasteiger partial charge < -0.3 is 5.32 Å². The van der Waals surface area contributed by atoms with Gasteiger partial charge in [-0.05, 0) is 43.1 Å². The lowest BCUT2D eigenvalue weighted by Crippen LogP contribution is -2.30. The molecule has 0 spiro atoms. The highest BCUT2D eigenvalue weighted by Crippen LogP contribution is 2.22. The molecule has 0 radical (unpaired) electrons. The first kappa shape index (κ1) is 19.1. The van der Waals surface area contributed by atoms with E-state index in [9.17, 15) is 4.79 Å². The number of hydrogen-bond donors (Lipinski definition) is 1. The van der Waals surface area contributed by atoms with E-state index in [1.54, 1.807) is 0 Å². The number of aromatic nitrogens is 1. The second kappa shape index (κ2) is 8.26. The summed E-state index contributed by atoms with van der Waals surface area (Å²) in [4.78, 5) is 19.0. The molecule has 134 valence electrons. The number of pyridine rings is 1. The molecule has 0 aliphatic carbocycles. The van der Waals surface area contributed by atoms with Crippen molar-refractivity contribution in [1.82, 2.24) is 9.88 Å². The Labute approximate surface area is 151 Å². The van der Waals surface area contributed by atoms with Gasteiger partial charge in [0.2, 0.25) is 5.91 Å². The maximum Gasteiger partial charge on any atom is 0.231 e. The molecular weight excluding hydrogens is 310 g/mol. The van der Waals surface area contributed by atoms with Gasteiger partial charge in [0.15, 0.2) is 0 Å². The maximum atomic E-state index is 12.4. The number of rotatable bonds is 7. The molecule has 2 rings (SSSR count). The van der Waals surface area contributed by atoms with Crippen molar-refractivity contribution in [1.29, 1.82) is 0 Å². The van der Waals surface area contributed by atoms with E-state index in [1.165, 1.54) is 11.1 Å². The predicted octanol–water partition coefficient (Wildman–Crippen LogP) is 4.40. The molecule has 1 heterocycles. The molecule has 25 heavy (non-hydrogen) atoms. The Kier molecular flexibility index (Phi) is 6.32. The van der Waals surface area contributed by atoms with Gasteiger partial charge in [-0.1, -0.05) is 51.1 Å². The van der Waals surface area contributed by atoms with E-state index >= 15 is 0 Å². The van der Waals surface area contributed by atoms with Crippen LogP contribution in [0.15, 0.2) is 42.6 Å². The molecule has 0 atom stereocenters. The highest BCUT2D eigenvalue weighted by molar-refractivity contribution is 5.94. The number of hydrogen-bond acceptors (Lipinski definition) is 3. The fourth-order valence-corrected chi connectivity index (χ4v) is 2.49. The molecular formula is C21H29N3O. The van der Waals surface area contributed by atoms with Crippen molar-refractivity contribution in [3.05, 3.63) is 59.3 Å². The number of aryl methyl sites for hydroxylation is 1. The van der Waals surface area contributed by atoms with Gasteiger partial charge in [-0.15, -0.1) is 0 Å². The SMILES string of the molecule is CCC(C)(C)C(=O)Nc1cc(CN(C)Cc2ccccc2)c(C)cn1. The number of anilines is 1. The lowest BCUT2D eigenvalue weighted by molar-refractivity contribution is -0.124. The highest BCUT2D eigenvalue weighted by atomic mass is 16.2. The monoisotopic (exact) mass is 339 g/mol. The standard InChI is InChI=1S/C21H29N3O/c1-6-21(3,4)20(25)23-19-12-18(16(2)13-22-19)15-24(5)14-17-10-8-7-9-11-17/h7-13H,6,14-15H2,1-5H3,(H,22,23,25). The molecule has 1 aromatic heterocycles. The van der Waals surface area contributed by atoms with E-state index in [4.69, 9.17) is 0 Å². The van der Waals surface area contributed by atoms with Crippen LogP contribution >= 0.6 is 0 Å². The van der Waals surface area contributed by atoms with E-state index in [1.807, 2.05) is 39.1 Å². The minimum Gasteiger partial charge on any atom is -0.310 e. The van der Waals surface area contributed by atoms with Crippen LogP contribution in [-0.4, -0.2) is 22.8 Å². The van der Waals surface area contributed by atoms with Crippen LogP contribution in [0.25, 0.3) is 0 Å². The minimum atomic E-state index is -0.392. The van der Waals surface area contributed by atoms with E-state index < -0.39 is 5.41 Å². The minimum absolute atomic E-state index is 0.00921. The van der Waals surface area contributed by atoms with Crippen LogP contribution in [0, 0.1) is 12.3 Å². The Morgan fingerprint density at radius 1 is 1.20 bits per heavy atom. The number of carbonyl (C=O) groups is 1. The zero-order valence-corrected chi connectivity index (χ0v) is 16.0. The van der Waals surface area contributed by atoms with Gasteiger partial charge in [-0.3, -0.25) is 9.69 Å². The quantitative estimate of drug-likeness (QED) is 0.813. The molecule has 0 fully saturated rings. The summed E-state index contributed by atoms with van der Waals surface area (Å²) in [5, 5.41) is 2.96. The third kappa shape index (κ3) is 5.40. The Morgan fingerprint density at radius 2 is 1.88 bits per heavy atom. The molecule has 4 heteroatoms. The molecule has 1 amide bonds. The number of nitrogens with one attached hydrogen (secondary N) is 1. The third-order valence-electron chi connectivity index (χ3n) is 4.69. The lowest BCUT2D eigenvalue weighted by atomic mass is 9.89. The predicted molar refractivity (Wildman–Crippen MR) is 103 cm³/mol. The molecule has 2 aromatic rings. The van der Waals surface area contributed by atoms with E-state index in [0.29, 0.717) is 5.82 Å². The molecule has 0 aliphatic rings. The molecule has 0 unspecified atom stereocenters. The summed E-state index contributed by atoms with van der Waals surface area (Å²) in [5.74, 6) is 0.634. The van der Waals surface area contributed by atoms with Crippen LogP contribution in [0.5, 0.6) is 0 Å². The van der Waals surface area contributed by atoms with Gasteiger partial charge in [0.25, 0.3) is 0 Å². The topological polar surface area (TPSA) is 45.2 Å². The molecule has 0 bridgehead atoms. The summed E-state index contributed by atoms with van der Waals surface area (Å²) in [7, 11) is 2.10. The van der Waals surface area contributed by atoms with Crippen molar-refractivity contribution in [3.8, 4) is 0 Å². The smallest absolute Gasteiger partial charge is 0.231 e. The van der Waals surface area contributed by atoms with E-state index in [0.717, 1.165) is 25.1 Å². The van der Waals surface area contributed by atoms with Crippen LogP contribution < -0.4 is 5.32 Å². The zero-order valence-electron chi connectivity index (χ0n) is 16.0. The van der Waals surface area contributed by atoms with Crippen molar-refractivity contribution >= 4 is 11.7 Å². The Hall–Kier alpha value is -2.20. The third-order valence-corrected chi connectivity index (χ3v) is 4.69. The zero-order chi connectivity index (χ0) is 18.4. The molecule has 1 aromatic carbocycles. The number of benzene rings is 1. The number of nitrogens with zero attached hydrogens (tertiary/aromatic N) is 2. The summed E-state index contributed by atoms with van der Waals surface area (Å²) in [5.41, 5.74) is 3.21. The lowest BCUT2D eigenvalue weighted by Gasteiger charge is -2.22. The molecule has 0 saturated carbocycles. The number of carbonyl (C=O) groups excluding carboxylic acids is 1. The van der Waals surface area contributed by atoms with Gasteiger partial charge in [0.05, 0.1) is 0 Å².